The smallest absolute Gasteiger partial charge is 0.266 e. The van der Waals surface area contributed by atoms with Crippen molar-refractivity contribution >= 4 is 27.9 Å². The molecule has 36 heavy (non-hydrogen) atoms. The maximum Gasteiger partial charge on any atom is 0.266 e. The van der Waals surface area contributed by atoms with Crippen LogP contribution in [0, 0.1) is 0 Å². The number of rotatable bonds is 7. The number of para-hydroxylation sites is 1. The number of hydrogen-bond donors (Lipinski definition) is 2. The lowest BCUT2D eigenvalue weighted by atomic mass is 10.1. The third-order valence-electron chi connectivity index (χ3n) is 6.43. The van der Waals surface area contributed by atoms with Gasteiger partial charge in [-0.25, -0.2) is 19.9 Å². The van der Waals surface area contributed by atoms with Gasteiger partial charge in [0, 0.05) is 32.6 Å². The molecule has 182 valence electrons. The van der Waals surface area contributed by atoms with Gasteiger partial charge in [-0.05, 0) is 23.8 Å². The first-order valence-corrected chi connectivity index (χ1v) is 12.0. The number of fused-ring (bicyclic) bond motifs is 2. The molecule has 0 unspecified atom stereocenters. The molecule has 5 aromatic rings. The molecule has 2 aromatic carbocycles. The minimum Gasteiger partial charge on any atom is -0.379 e. The number of anilines is 1. The summed E-state index contributed by atoms with van der Waals surface area (Å²) in [6.07, 6.45) is 3.60. The molecule has 0 bridgehead atoms. The lowest BCUT2D eigenvalue weighted by Gasteiger charge is -2.27. The number of aromatic nitrogens is 6. The molecule has 1 fully saturated rings. The highest BCUT2D eigenvalue weighted by Crippen LogP contribution is 2.20. The molecule has 1 saturated heterocycles. The molecule has 1 aliphatic rings. The SMILES string of the molecule is O=c1c2c(CN3CCOCC3)cccc2nc(CCNc2ncnc3nc[nH]c23)n1-c1ccccc1. The summed E-state index contributed by atoms with van der Waals surface area (Å²) in [5.74, 6) is 1.35. The van der Waals surface area contributed by atoms with Gasteiger partial charge in [-0.15, -0.1) is 0 Å². The molecule has 0 spiro atoms. The molecule has 6 rings (SSSR count). The second kappa shape index (κ2) is 9.84. The first-order valence-electron chi connectivity index (χ1n) is 12.0. The zero-order chi connectivity index (χ0) is 24.3. The van der Waals surface area contributed by atoms with E-state index in [4.69, 9.17) is 9.72 Å². The van der Waals surface area contributed by atoms with Crippen LogP contribution in [0.3, 0.4) is 0 Å². The van der Waals surface area contributed by atoms with Gasteiger partial charge >= 0.3 is 0 Å². The van der Waals surface area contributed by atoms with Crippen LogP contribution < -0.4 is 10.9 Å². The van der Waals surface area contributed by atoms with Crippen molar-refractivity contribution < 1.29 is 4.74 Å². The summed E-state index contributed by atoms with van der Waals surface area (Å²) in [7, 11) is 0. The first kappa shape index (κ1) is 22.3. The van der Waals surface area contributed by atoms with Crippen LogP contribution in [-0.4, -0.2) is 67.2 Å². The topological polar surface area (TPSA) is 114 Å². The van der Waals surface area contributed by atoms with Crippen molar-refractivity contribution in [2.24, 2.45) is 0 Å². The maximum absolute atomic E-state index is 14.0. The highest BCUT2D eigenvalue weighted by atomic mass is 16.5. The molecule has 0 atom stereocenters. The number of aromatic amines is 1. The number of hydrogen-bond acceptors (Lipinski definition) is 8. The van der Waals surface area contributed by atoms with E-state index in [1.807, 2.05) is 48.5 Å². The van der Waals surface area contributed by atoms with E-state index in [1.165, 1.54) is 6.33 Å². The van der Waals surface area contributed by atoms with E-state index in [9.17, 15) is 4.79 Å². The van der Waals surface area contributed by atoms with Crippen LogP contribution in [0.2, 0.25) is 0 Å². The minimum absolute atomic E-state index is 0.0527. The van der Waals surface area contributed by atoms with Crippen LogP contribution in [0.15, 0.2) is 66.0 Å². The number of nitrogens with zero attached hydrogens (tertiary/aromatic N) is 6. The average Bonchev–Trinajstić information content (AvgIpc) is 3.40. The molecule has 3 aromatic heterocycles. The third kappa shape index (κ3) is 4.32. The van der Waals surface area contributed by atoms with Crippen molar-refractivity contribution in [3.05, 3.63) is 82.9 Å². The van der Waals surface area contributed by atoms with Crippen molar-refractivity contribution in [3.63, 3.8) is 0 Å². The molecule has 4 heterocycles. The van der Waals surface area contributed by atoms with Gasteiger partial charge in [-0.3, -0.25) is 14.3 Å². The Bertz CT molecular complexity index is 1560. The molecule has 10 nitrogen and oxygen atoms in total. The minimum atomic E-state index is -0.0527. The van der Waals surface area contributed by atoms with Crippen molar-refractivity contribution in [2.45, 2.75) is 13.0 Å². The quantitative estimate of drug-likeness (QED) is 0.364. The number of ether oxygens (including phenoxy) is 1. The zero-order valence-electron chi connectivity index (χ0n) is 19.7. The predicted molar refractivity (Wildman–Crippen MR) is 137 cm³/mol. The molecule has 1 aliphatic heterocycles. The van der Waals surface area contributed by atoms with Gasteiger partial charge in [0.1, 0.15) is 17.7 Å². The van der Waals surface area contributed by atoms with Gasteiger partial charge in [0.15, 0.2) is 11.5 Å². The largest absolute Gasteiger partial charge is 0.379 e. The van der Waals surface area contributed by atoms with E-state index in [1.54, 1.807) is 10.9 Å². The van der Waals surface area contributed by atoms with Gasteiger partial charge in [-0.1, -0.05) is 30.3 Å². The van der Waals surface area contributed by atoms with Crippen molar-refractivity contribution in [3.8, 4) is 5.69 Å². The van der Waals surface area contributed by atoms with Crippen LogP contribution in [-0.2, 0) is 17.7 Å². The molecule has 2 N–H and O–H groups in total. The van der Waals surface area contributed by atoms with E-state index in [0.717, 1.165) is 29.9 Å². The van der Waals surface area contributed by atoms with Crippen LogP contribution in [0.4, 0.5) is 5.82 Å². The van der Waals surface area contributed by atoms with Crippen LogP contribution in [0.5, 0.6) is 0 Å². The van der Waals surface area contributed by atoms with Gasteiger partial charge in [-0.2, -0.15) is 0 Å². The van der Waals surface area contributed by atoms with Crippen molar-refractivity contribution in [2.75, 3.05) is 38.2 Å². The standard InChI is InChI=1S/C26H26N8O2/c35-26-22-18(15-33-11-13-36-14-12-33)5-4-8-20(22)32-21(34(26)19-6-2-1-3-7-19)9-10-27-24-23-25(29-16-28-23)31-17-30-24/h1-8,16-17H,9-15H2,(H2,27,28,29,30,31). The summed E-state index contributed by atoms with van der Waals surface area (Å²) in [5.41, 5.74) is 3.80. The number of morpholine rings is 1. The van der Waals surface area contributed by atoms with E-state index in [2.05, 4.69) is 30.2 Å². The van der Waals surface area contributed by atoms with Crippen molar-refractivity contribution in [1.82, 2.24) is 34.4 Å². The number of benzene rings is 2. The Labute approximate surface area is 207 Å². The summed E-state index contributed by atoms with van der Waals surface area (Å²) in [6.45, 7) is 4.36. The summed E-state index contributed by atoms with van der Waals surface area (Å²) >= 11 is 0. The van der Waals surface area contributed by atoms with E-state index >= 15 is 0 Å². The van der Waals surface area contributed by atoms with Gasteiger partial charge in [0.2, 0.25) is 0 Å². The Hall–Kier alpha value is -4.15. The average molecular weight is 483 g/mol. The number of nitrogens with one attached hydrogen (secondary N) is 2. The maximum atomic E-state index is 14.0. The fourth-order valence-electron chi connectivity index (χ4n) is 4.68. The monoisotopic (exact) mass is 482 g/mol. The molecular formula is C26H26N8O2. The molecule has 0 saturated carbocycles. The second-order valence-electron chi connectivity index (χ2n) is 8.70. The number of H-pyrrole nitrogens is 1. The fraction of sp³-hybridized carbons (Fsp3) is 0.269. The lowest BCUT2D eigenvalue weighted by Crippen LogP contribution is -2.36. The lowest BCUT2D eigenvalue weighted by molar-refractivity contribution is 0.0343. The molecule has 0 amide bonds. The van der Waals surface area contributed by atoms with Crippen LogP contribution in [0.1, 0.15) is 11.4 Å². The summed E-state index contributed by atoms with van der Waals surface area (Å²) in [4.78, 5) is 37.0. The predicted octanol–water partition coefficient (Wildman–Crippen LogP) is 2.54. The fourth-order valence-corrected chi connectivity index (χ4v) is 4.68. The molecular weight excluding hydrogens is 456 g/mol. The molecule has 10 heteroatoms. The van der Waals surface area contributed by atoms with E-state index in [0.29, 0.717) is 60.9 Å². The Morgan fingerprint density at radius 2 is 1.86 bits per heavy atom. The molecule has 0 aliphatic carbocycles. The van der Waals surface area contributed by atoms with Crippen molar-refractivity contribution in [1.29, 1.82) is 0 Å². The summed E-state index contributed by atoms with van der Waals surface area (Å²) in [6, 6.07) is 15.6. The van der Waals surface area contributed by atoms with Crippen LogP contribution >= 0.6 is 0 Å². The highest BCUT2D eigenvalue weighted by Gasteiger charge is 2.18. The Kier molecular flexibility index (Phi) is 6.10. The van der Waals surface area contributed by atoms with E-state index < -0.39 is 0 Å². The Morgan fingerprint density at radius 3 is 2.72 bits per heavy atom. The first-order chi connectivity index (χ1) is 17.8. The van der Waals surface area contributed by atoms with E-state index in [-0.39, 0.29) is 5.56 Å². The summed E-state index contributed by atoms with van der Waals surface area (Å²) in [5, 5.41) is 4.00. The highest BCUT2D eigenvalue weighted by molar-refractivity contribution is 5.82. The van der Waals surface area contributed by atoms with Gasteiger partial charge in [0.05, 0.1) is 36.1 Å². The third-order valence-corrected chi connectivity index (χ3v) is 6.43. The normalized spacial score (nSPS) is 14.4. The van der Waals surface area contributed by atoms with Crippen LogP contribution in [0.25, 0.3) is 27.8 Å². The Morgan fingerprint density at radius 1 is 1.00 bits per heavy atom. The van der Waals surface area contributed by atoms with Gasteiger partial charge in [0.25, 0.3) is 5.56 Å². The molecule has 0 radical (unpaired) electrons. The Balaban J connectivity index is 1.37. The van der Waals surface area contributed by atoms with Gasteiger partial charge < -0.3 is 15.0 Å². The number of imidazole rings is 1. The zero-order valence-corrected chi connectivity index (χ0v) is 19.7. The summed E-state index contributed by atoms with van der Waals surface area (Å²) < 4.78 is 7.23. The second-order valence-corrected chi connectivity index (χ2v) is 8.70.